The monoisotopic (exact) mass is 276 g/mol. The second-order valence-electron chi connectivity index (χ2n) is 4.50. The summed E-state index contributed by atoms with van der Waals surface area (Å²) in [6, 6.07) is 9.95. The average molecular weight is 276 g/mol. The topological polar surface area (TPSA) is 53.4 Å². The Morgan fingerprint density at radius 2 is 2.11 bits per heavy atom. The molecule has 2 aromatic rings. The van der Waals surface area contributed by atoms with Crippen molar-refractivity contribution < 1.29 is 9.90 Å². The fraction of sp³-hybridized carbons (Fsp3) is 0.286. The molecule has 1 unspecified atom stereocenters. The van der Waals surface area contributed by atoms with Gasteiger partial charge < -0.3 is 10.0 Å². The number of nitrogens with zero attached hydrogens (tertiary/aromatic N) is 2. The molecular formula is C14H16N2O2S. The maximum Gasteiger partial charge on any atom is 0.308 e. The van der Waals surface area contributed by atoms with Gasteiger partial charge in [0.15, 0.2) is 5.13 Å². The molecule has 4 nitrogen and oxygen atoms in total. The molecule has 0 aliphatic carbocycles. The predicted molar refractivity (Wildman–Crippen MR) is 77.6 cm³/mol. The molecule has 5 heteroatoms. The molecule has 1 aromatic carbocycles. The average Bonchev–Trinajstić information content (AvgIpc) is 2.89. The quantitative estimate of drug-likeness (QED) is 0.912. The third-order valence-electron chi connectivity index (χ3n) is 2.86. The van der Waals surface area contributed by atoms with Crippen LogP contribution in [0.25, 0.3) is 11.3 Å². The number of anilines is 1. The molecular weight excluding hydrogens is 260 g/mol. The van der Waals surface area contributed by atoms with E-state index in [0.29, 0.717) is 6.54 Å². The lowest BCUT2D eigenvalue weighted by atomic mass is 10.2. The number of rotatable bonds is 5. The van der Waals surface area contributed by atoms with Gasteiger partial charge >= 0.3 is 5.97 Å². The van der Waals surface area contributed by atoms with Crippen molar-refractivity contribution in [1.82, 2.24) is 4.98 Å². The lowest BCUT2D eigenvalue weighted by Crippen LogP contribution is -2.28. The van der Waals surface area contributed by atoms with Crippen LogP contribution in [-0.4, -0.2) is 29.7 Å². The van der Waals surface area contributed by atoms with Crippen LogP contribution in [0.4, 0.5) is 5.13 Å². The van der Waals surface area contributed by atoms with Gasteiger partial charge in [-0.25, -0.2) is 4.98 Å². The van der Waals surface area contributed by atoms with E-state index in [4.69, 9.17) is 5.11 Å². The molecule has 1 aromatic heterocycles. The fourth-order valence-electron chi connectivity index (χ4n) is 1.75. The van der Waals surface area contributed by atoms with Crippen LogP contribution >= 0.6 is 11.3 Å². The van der Waals surface area contributed by atoms with Crippen LogP contribution in [0.2, 0.25) is 0 Å². The van der Waals surface area contributed by atoms with Gasteiger partial charge in [-0.05, 0) is 0 Å². The second kappa shape index (κ2) is 5.84. The molecule has 0 saturated heterocycles. The summed E-state index contributed by atoms with van der Waals surface area (Å²) < 4.78 is 0. The Morgan fingerprint density at radius 3 is 2.74 bits per heavy atom. The summed E-state index contributed by atoms with van der Waals surface area (Å²) in [6.45, 7) is 2.15. The molecule has 0 spiro atoms. The number of hydrogen-bond donors (Lipinski definition) is 1. The first-order valence-electron chi connectivity index (χ1n) is 6.03. The molecule has 0 radical (unpaired) electrons. The number of benzene rings is 1. The molecule has 1 heterocycles. The molecule has 0 saturated carbocycles. The minimum absolute atomic E-state index is 0.408. The van der Waals surface area contributed by atoms with E-state index in [1.807, 2.05) is 47.7 Å². The lowest BCUT2D eigenvalue weighted by Gasteiger charge is -2.17. The van der Waals surface area contributed by atoms with E-state index < -0.39 is 11.9 Å². The van der Waals surface area contributed by atoms with Crippen molar-refractivity contribution >= 4 is 22.4 Å². The minimum atomic E-state index is -0.785. The molecule has 0 fully saturated rings. The van der Waals surface area contributed by atoms with Gasteiger partial charge in [0, 0.05) is 24.5 Å². The van der Waals surface area contributed by atoms with Crippen molar-refractivity contribution in [2.75, 3.05) is 18.5 Å². The molecule has 19 heavy (non-hydrogen) atoms. The summed E-state index contributed by atoms with van der Waals surface area (Å²) in [6.07, 6.45) is 0. The van der Waals surface area contributed by atoms with E-state index in [1.165, 1.54) is 11.3 Å². The van der Waals surface area contributed by atoms with Crippen LogP contribution in [0.5, 0.6) is 0 Å². The third-order valence-corrected chi connectivity index (χ3v) is 3.81. The summed E-state index contributed by atoms with van der Waals surface area (Å²) in [4.78, 5) is 17.3. The molecule has 0 amide bonds. The van der Waals surface area contributed by atoms with Crippen molar-refractivity contribution in [1.29, 1.82) is 0 Å². The van der Waals surface area contributed by atoms with E-state index in [-0.39, 0.29) is 0 Å². The minimum Gasteiger partial charge on any atom is -0.481 e. The maximum atomic E-state index is 10.8. The Balaban J connectivity index is 2.11. The Bertz CT molecular complexity index is 554. The highest BCUT2D eigenvalue weighted by atomic mass is 32.1. The van der Waals surface area contributed by atoms with Gasteiger partial charge in [0.25, 0.3) is 0 Å². The van der Waals surface area contributed by atoms with Gasteiger partial charge in [0.1, 0.15) is 0 Å². The van der Waals surface area contributed by atoms with E-state index >= 15 is 0 Å². The third kappa shape index (κ3) is 3.32. The molecule has 1 N–H and O–H groups in total. The predicted octanol–water partition coefficient (Wildman–Crippen LogP) is 2.97. The summed E-state index contributed by atoms with van der Waals surface area (Å²) in [5.74, 6) is -1.19. The summed E-state index contributed by atoms with van der Waals surface area (Å²) in [7, 11) is 1.87. The zero-order valence-electron chi connectivity index (χ0n) is 10.9. The molecule has 0 aliphatic heterocycles. The number of hydrogen-bond acceptors (Lipinski definition) is 4. The van der Waals surface area contributed by atoms with Crippen LogP contribution in [0.15, 0.2) is 35.7 Å². The first kappa shape index (κ1) is 13.5. The lowest BCUT2D eigenvalue weighted by molar-refractivity contribution is -0.140. The highest BCUT2D eigenvalue weighted by Crippen LogP contribution is 2.26. The second-order valence-corrected chi connectivity index (χ2v) is 5.34. The number of aliphatic carboxylic acids is 1. The van der Waals surface area contributed by atoms with Crippen molar-refractivity contribution in [3.8, 4) is 11.3 Å². The van der Waals surface area contributed by atoms with Crippen LogP contribution in [0.1, 0.15) is 6.92 Å². The fourth-order valence-corrected chi connectivity index (χ4v) is 2.56. The number of thiazole rings is 1. The number of carboxylic acids is 1. The Hall–Kier alpha value is -1.88. The highest BCUT2D eigenvalue weighted by molar-refractivity contribution is 7.14. The van der Waals surface area contributed by atoms with Crippen LogP contribution in [0, 0.1) is 5.92 Å². The standard InChI is InChI=1S/C14H16N2O2S/c1-10(13(17)18)8-16(2)14-15-12(9-19-14)11-6-4-3-5-7-11/h3-7,9-10H,8H2,1-2H3,(H,17,18). The molecule has 0 bridgehead atoms. The van der Waals surface area contributed by atoms with E-state index in [1.54, 1.807) is 6.92 Å². The smallest absolute Gasteiger partial charge is 0.308 e. The number of carboxylic acid groups (broad SMARTS) is 1. The summed E-state index contributed by atoms with van der Waals surface area (Å²) in [5, 5.41) is 11.7. The molecule has 0 aliphatic rings. The first-order valence-corrected chi connectivity index (χ1v) is 6.91. The Kier molecular flexibility index (Phi) is 4.16. The zero-order valence-corrected chi connectivity index (χ0v) is 11.7. The Labute approximate surface area is 116 Å². The molecule has 1 atom stereocenters. The van der Waals surface area contributed by atoms with E-state index in [0.717, 1.165) is 16.4 Å². The van der Waals surface area contributed by atoms with Gasteiger partial charge in [-0.15, -0.1) is 11.3 Å². The van der Waals surface area contributed by atoms with Crippen molar-refractivity contribution in [3.05, 3.63) is 35.7 Å². The Morgan fingerprint density at radius 1 is 1.42 bits per heavy atom. The van der Waals surface area contributed by atoms with Crippen molar-refractivity contribution in [3.63, 3.8) is 0 Å². The van der Waals surface area contributed by atoms with Gasteiger partial charge in [-0.1, -0.05) is 37.3 Å². The van der Waals surface area contributed by atoms with Crippen LogP contribution < -0.4 is 4.90 Å². The normalized spacial score (nSPS) is 12.1. The van der Waals surface area contributed by atoms with Gasteiger partial charge in [-0.3, -0.25) is 4.79 Å². The highest BCUT2D eigenvalue weighted by Gasteiger charge is 2.16. The largest absolute Gasteiger partial charge is 0.481 e. The molecule has 100 valence electrons. The number of aromatic nitrogens is 1. The van der Waals surface area contributed by atoms with Gasteiger partial charge in [-0.2, -0.15) is 0 Å². The first-order chi connectivity index (χ1) is 9.08. The van der Waals surface area contributed by atoms with E-state index in [2.05, 4.69) is 4.98 Å². The van der Waals surface area contributed by atoms with Crippen molar-refractivity contribution in [2.45, 2.75) is 6.92 Å². The van der Waals surface area contributed by atoms with Crippen LogP contribution in [0.3, 0.4) is 0 Å². The van der Waals surface area contributed by atoms with Gasteiger partial charge in [0.05, 0.1) is 11.6 Å². The maximum absolute atomic E-state index is 10.8. The summed E-state index contributed by atoms with van der Waals surface area (Å²) >= 11 is 1.53. The number of carbonyl (C=O) groups is 1. The SMILES string of the molecule is CC(CN(C)c1nc(-c2ccccc2)cs1)C(=O)O. The zero-order chi connectivity index (χ0) is 13.8. The van der Waals surface area contributed by atoms with E-state index in [9.17, 15) is 4.79 Å². The van der Waals surface area contributed by atoms with Crippen LogP contribution in [-0.2, 0) is 4.79 Å². The van der Waals surface area contributed by atoms with Gasteiger partial charge in [0.2, 0.25) is 0 Å². The molecule has 2 rings (SSSR count). The summed E-state index contributed by atoms with van der Waals surface area (Å²) in [5.41, 5.74) is 2.00. The van der Waals surface area contributed by atoms with Crippen molar-refractivity contribution in [2.24, 2.45) is 5.92 Å².